The molecule has 0 bridgehead atoms. The van der Waals surface area contributed by atoms with E-state index < -0.39 is 0 Å². The topological polar surface area (TPSA) is 15.3 Å². The molecule has 2 unspecified atom stereocenters. The molecule has 2 saturated heterocycles. The van der Waals surface area contributed by atoms with Crippen molar-refractivity contribution in [3.63, 3.8) is 0 Å². The van der Waals surface area contributed by atoms with Crippen LogP contribution in [0.5, 0.6) is 0 Å². The third kappa shape index (κ3) is 4.15. The van der Waals surface area contributed by atoms with Gasteiger partial charge in [0.2, 0.25) is 0 Å². The Hall–Kier alpha value is 0.270. The molecule has 0 radical (unpaired) electrons. The maximum Gasteiger partial charge on any atom is 0.0195 e. The van der Waals surface area contributed by atoms with Crippen LogP contribution < -0.4 is 5.32 Å². The summed E-state index contributed by atoms with van der Waals surface area (Å²) < 4.78 is 0. The van der Waals surface area contributed by atoms with Crippen molar-refractivity contribution in [3.8, 4) is 0 Å². The zero-order chi connectivity index (χ0) is 12.3. The summed E-state index contributed by atoms with van der Waals surface area (Å²) in [4.78, 5) is 2.61. The predicted molar refractivity (Wildman–Crippen MR) is 77.8 cm³/mol. The van der Waals surface area contributed by atoms with E-state index in [1.807, 2.05) is 0 Å². The highest BCUT2D eigenvalue weighted by Gasteiger charge is 2.31. The Bertz CT molecular complexity index is 236. The fourth-order valence-electron chi connectivity index (χ4n) is 3.09. The summed E-state index contributed by atoms with van der Waals surface area (Å²) in [6.07, 6.45) is 5.51. The van der Waals surface area contributed by atoms with Gasteiger partial charge in [-0.15, -0.1) is 0 Å². The van der Waals surface area contributed by atoms with E-state index in [9.17, 15) is 0 Å². The summed E-state index contributed by atoms with van der Waals surface area (Å²) in [5, 5.41) is 3.66. The summed E-state index contributed by atoms with van der Waals surface area (Å²) in [6, 6.07) is 1.52. The summed E-state index contributed by atoms with van der Waals surface area (Å²) in [6.45, 7) is 7.29. The molecule has 1 N–H and O–H groups in total. The van der Waals surface area contributed by atoms with Gasteiger partial charge < -0.3 is 10.2 Å². The van der Waals surface area contributed by atoms with Gasteiger partial charge in [-0.3, -0.25) is 0 Å². The largest absolute Gasteiger partial charge is 0.313 e. The number of hydrogen-bond donors (Lipinski definition) is 1. The third-order valence-corrected chi connectivity index (χ3v) is 5.74. The zero-order valence-electron chi connectivity index (χ0n) is 11.7. The molecule has 2 atom stereocenters. The minimum atomic E-state index is 0.530. The van der Waals surface area contributed by atoms with Crippen molar-refractivity contribution in [3.05, 3.63) is 0 Å². The van der Waals surface area contributed by atoms with Crippen LogP contribution in [0, 0.1) is 5.41 Å². The maximum absolute atomic E-state index is 3.66. The fourth-order valence-corrected chi connectivity index (χ4v) is 4.52. The van der Waals surface area contributed by atoms with Crippen molar-refractivity contribution in [2.24, 2.45) is 5.41 Å². The highest BCUT2D eigenvalue weighted by atomic mass is 32.2. The number of rotatable bonds is 3. The summed E-state index contributed by atoms with van der Waals surface area (Å²) in [7, 11) is 2.32. The minimum absolute atomic E-state index is 0.530. The normalized spacial score (nSPS) is 33.9. The molecule has 2 rings (SSSR count). The Balaban J connectivity index is 1.80. The van der Waals surface area contributed by atoms with Gasteiger partial charge in [0.15, 0.2) is 0 Å². The number of hydrogen-bond acceptors (Lipinski definition) is 3. The summed E-state index contributed by atoms with van der Waals surface area (Å²) in [5.41, 5.74) is 0.530. The van der Waals surface area contributed by atoms with Crippen molar-refractivity contribution in [2.45, 2.75) is 51.6 Å². The summed E-state index contributed by atoms with van der Waals surface area (Å²) in [5.74, 6) is 2.66. The number of nitrogens with zero attached hydrogens (tertiary/aromatic N) is 1. The number of likely N-dealkylation sites (N-methyl/N-ethyl adjacent to an activating group) is 1. The Morgan fingerprint density at radius 1 is 1.35 bits per heavy atom. The quantitative estimate of drug-likeness (QED) is 0.835. The molecule has 2 heterocycles. The SMILES string of the molecule is CN(CC1CCCCN1)C1CSCC(C)(C)C1. The molecule has 17 heavy (non-hydrogen) atoms. The fraction of sp³-hybridized carbons (Fsp3) is 1.00. The lowest BCUT2D eigenvalue weighted by Crippen LogP contribution is -2.48. The number of piperidine rings is 1. The van der Waals surface area contributed by atoms with Crippen LogP contribution in [0.2, 0.25) is 0 Å². The maximum atomic E-state index is 3.66. The second-order valence-electron chi connectivity index (χ2n) is 6.62. The van der Waals surface area contributed by atoms with E-state index in [2.05, 4.69) is 42.9 Å². The van der Waals surface area contributed by atoms with Gasteiger partial charge >= 0.3 is 0 Å². The molecular formula is C14H28N2S. The Morgan fingerprint density at radius 3 is 2.82 bits per heavy atom. The second kappa shape index (κ2) is 5.94. The molecule has 2 nitrogen and oxygen atoms in total. The molecule has 0 aliphatic carbocycles. The van der Waals surface area contributed by atoms with Crippen molar-refractivity contribution < 1.29 is 0 Å². The standard InChI is InChI=1S/C14H28N2S/c1-14(2)8-13(10-17-11-14)16(3)9-12-6-4-5-7-15-12/h12-13,15H,4-11H2,1-3H3. The second-order valence-corrected chi connectivity index (χ2v) is 7.65. The average Bonchev–Trinajstić information content (AvgIpc) is 2.29. The van der Waals surface area contributed by atoms with Crippen molar-refractivity contribution in [1.29, 1.82) is 0 Å². The molecule has 3 heteroatoms. The molecule has 0 saturated carbocycles. The van der Waals surface area contributed by atoms with Gasteiger partial charge in [0.05, 0.1) is 0 Å². The minimum Gasteiger partial charge on any atom is -0.313 e. The highest BCUT2D eigenvalue weighted by Crippen LogP contribution is 2.35. The van der Waals surface area contributed by atoms with Crippen LogP contribution in [0.25, 0.3) is 0 Å². The lowest BCUT2D eigenvalue weighted by Gasteiger charge is -2.41. The number of thioether (sulfide) groups is 1. The van der Waals surface area contributed by atoms with E-state index in [0.717, 1.165) is 12.1 Å². The van der Waals surface area contributed by atoms with Gasteiger partial charge in [-0.05, 0) is 44.0 Å². The average molecular weight is 256 g/mol. The molecule has 2 aliphatic heterocycles. The van der Waals surface area contributed by atoms with E-state index in [4.69, 9.17) is 0 Å². The van der Waals surface area contributed by atoms with Crippen LogP contribution in [0.15, 0.2) is 0 Å². The van der Waals surface area contributed by atoms with Crippen LogP contribution in [-0.2, 0) is 0 Å². The predicted octanol–water partition coefficient (Wildman–Crippen LogP) is 2.59. The lowest BCUT2D eigenvalue weighted by atomic mass is 9.87. The molecule has 2 fully saturated rings. The lowest BCUT2D eigenvalue weighted by molar-refractivity contribution is 0.168. The molecule has 100 valence electrons. The Morgan fingerprint density at radius 2 is 2.18 bits per heavy atom. The van der Waals surface area contributed by atoms with Gasteiger partial charge in [0.25, 0.3) is 0 Å². The van der Waals surface area contributed by atoms with Gasteiger partial charge in [0, 0.05) is 24.4 Å². The Labute approximate surface area is 111 Å². The van der Waals surface area contributed by atoms with Crippen LogP contribution in [0.4, 0.5) is 0 Å². The monoisotopic (exact) mass is 256 g/mol. The smallest absolute Gasteiger partial charge is 0.0195 e. The van der Waals surface area contributed by atoms with Crippen LogP contribution in [0.1, 0.15) is 39.5 Å². The molecular weight excluding hydrogens is 228 g/mol. The molecule has 0 spiro atoms. The van der Waals surface area contributed by atoms with Crippen LogP contribution >= 0.6 is 11.8 Å². The van der Waals surface area contributed by atoms with Gasteiger partial charge in [0.1, 0.15) is 0 Å². The van der Waals surface area contributed by atoms with E-state index in [0.29, 0.717) is 5.41 Å². The third-order valence-electron chi connectivity index (χ3n) is 4.14. The van der Waals surface area contributed by atoms with Crippen molar-refractivity contribution in [2.75, 3.05) is 31.6 Å². The summed E-state index contributed by atoms with van der Waals surface area (Å²) >= 11 is 2.14. The van der Waals surface area contributed by atoms with E-state index in [-0.39, 0.29) is 0 Å². The van der Waals surface area contributed by atoms with E-state index in [1.54, 1.807) is 0 Å². The van der Waals surface area contributed by atoms with Crippen molar-refractivity contribution in [1.82, 2.24) is 10.2 Å². The first-order chi connectivity index (χ1) is 8.07. The molecule has 0 aromatic heterocycles. The molecule has 2 aliphatic rings. The van der Waals surface area contributed by atoms with Crippen molar-refractivity contribution >= 4 is 11.8 Å². The van der Waals surface area contributed by atoms with Gasteiger partial charge in [-0.25, -0.2) is 0 Å². The van der Waals surface area contributed by atoms with Gasteiger partial charge in [-0.2, -0.15) is 11.8 Å². The van der Waals surface area contributed by atoms with Crippen LogP contribution in [0.3, 0.4) is 0 Å². The van der Waals surface area contributed by atoms with Crippen LogP contribution in [-0.4, -0.2) is 48.6 Å². The zero-order valence-corrected chi connectivity index (χ0v) is 12.5. The first kappa shape index (κ1) is 13.7. The first-order valence-corrected chi connectivity index (χ1v) is 8.24. The van der Waals surface area contributed by atoms with E-state index in [1.165, 1.54) is 50.3 Å². The Kier molecular flexibility index (Phi) is 4.79. The molecule has 0 amide bonds. The molecule has 0 aromatic rings. The van der Waals surface area contributed by atoms with E-state index >= 15 is 0 Å². The first-order valence-electron chi connectivity index (χ1n) is 7.08. The molecule has 0 aromatic carbocycles. The van der Waals surface area contributed by atoms with Gasteiger partial charge in [-0.1, -0.05) is 20.3 Å². The number of nitrogens with one attached hydrogen (secondary N) is 1. The highest BCUT2D eigenvalue weighted by molar-refractivity contribution is 7.99.